The number of carbonyl (C=O) groups excluding carboxylic acids is 1. The van der Waals surface area contributed by atoms with Gasteiger partial charge < -0.3 is 18.6 Å². The Bertz CT molecular complexity index is 236. The minimum Gasteiger partial charge on any atom is -0.374 e. The van der Waals surface area contributed by atoms with E-state index in [2.05, 4.69) is 5.32 Å². The van der Waals surface area contributed by atoms with Gasteiger partial charge in [-0.1, -0.05) is 0 Å². The number of rotatable bonds is 10. The number of hydrogen-bond donors (Lipinski definition) is 2. The fourth-order valence-electron chi connectivity index (χ4n) is 1.62. The van der Waals surface area contributed by atoms with Crippen molar-refractivity contribution in [1.29, 1.82) is 0 Å². The lowest BCUT2D eigenvalue weighted by molar-refractivity contribution is -0.0182. The minimum absolute atomic E-state index is 0.436. The van der Waals surface area contributed by atoms with Crippen LogP contribution in [0.2, 0.25) is 6.04 Å². The van der Waals surface area contributed by atoms with Gasteiger partial charge in [-0.15, -0.1) is 0 Å². The molecule has 0 aliphatic heterocycles. The molecule has 0 radical (unpaired) electrons. The van der Waals surface area contributed by atoms with Gasteiger partial charge in [0, 0.05) is 39.5 Å². The summed E-state index contributed by atoms with van der Waals surface area (Å²) in [6, 6.07) is 0.106. The topological polar surface area (TPSA) is 80.3 Å². The van der Waals surface area contributed by atoms with Gasteiger partial charge >= 0.3 is 14.8 Å². The number of hydrogen-bond acceptors (Lipinski definition) is 5. The van der Waals surface area contributed by atoms with E-state index in [9.17, 15) is 4.79 Å². The lowest BCUT2D eigenvalue weighted by Gasteiger charge is -2.28. The number of urea groups is 1. The Kier molecular flexibility index (Phi) is 9.80. The van der Waals surface area contributed by atoms with Crippen molar-refractivity contribution in [3.05, 3.63) is 0 Å². The molecule has 2 amide bonds. The van der Waals surface area contributed by atoms with Gasteiger partial charge in [0.1, 0.15) is 0 Å². The van der Waals surface area contributed by atoms with Crippen molar-refractivity contribution in [3.8, 4) is 0 Å². The molecule has 0 unspecified atom stereocenters. The molecule has 114 valence electrons. The Morgan fingerprint density at radius 2 is 1.63 bits per heavy atom. The van der Waals surface area contributed by atoms with Crippen molar-refractivity contribution >= 4 is 14.8 Å². The molecule has 0 spiro atoms. The van der Waals surface area contributed by atoms with E-state index >= 15 is 0 Å². The molecule has 0 aromatic carbocycles. The van der Waals surface area contributed by atoms with Crippen LogP contribution >= 0.6 is 0 Å². The molecule has 2 N–H and O–H groups in total. The Balaban J connectivity index is 4.20. The maximum absolute atomic E-state index is 11.1. The van der Waals surface area contributed by atoms with Crippen LogP contribution in [0.4, 0.5) is 4.79 Å². The first-order valence-electron chi connectivity index (χ1n) is 6.63. The van der Waals surface area contributed by atoms with Gasteiger partial charge in [-0.3, -0.25) is 5.21 Å². The predicted octanol–water partition coefficient (Wildman–Crippen LogP) is 1.46. The lowest BCUT2D eigenvalue weighted by atomic mass is 10.5. The van der Waals surface area contributed by atoms with Gasteiger partial charge in [-0.2, -0.15) is 0 Å². The molecule has 0 fully saturated rings. The van der Waals surface area contributed by atoms with Crippen LogP contribution in [0.15, 0.2) is 0 Å². The van der Waals surface area contributed by atoms with Crippen LogP contribution in [-0.2, 0) is 13.3 Å². The predicted molar refractivity (Wildman–Crippen MR) is 73.0 cm³/mol. The fourth-order valence-corrected chi connectivity index (χ4v) is 4.23. The Labute approximate surface area is 116 Å². The van der Waals surface area contributed by atoms with Crippen molar-refractivity contribution < 1.29 is 23.3 Å². The van der Waals surface area contributed by atoms with Crippen molar-refractivity contribution in [2.75, 3.05) is 33.4 Å². The molecule has 0 bridgehead atoms. The summed E-state index contributed by atoms with van der Waals surface area (Å²) in [6.45, 7) is 7.77. The van der Waals surface area contributed by atoms with Crippen LogP contribution in [0.1, 0.15) is 27.2 Å². The monoisotopic (exact) mass is 294 g/mol. The van der Waals surface area contributed by atoms with E-state index in [1.807, 2.05) is 20.8 Å². The van der Waals surface area contributed by atoms with E-state index in [0.717, 1.165) is 0 Å². The first-order chi connectivity index (χ1) is 9.01. The van der Waals surface area contributed by atoms with E-state index in [4.69, 9.17) is 18.5 Å². The van der Waals surface area contributed by atoms with Crippen molar-refractivity contribution in [1.82, 2.24) is 10.4 Å². The smallest absolute Gasteiger partial charge is 0.374 e. The third-order valence-corrected chi connectivity index (χ3v) is 5.47. The summed E-state index contributed by atoms with van der Waals surface area (Å²) >= 11 is 0. The molecule has 0 aliphatic rings. The van der Waals surface area contributed by atoms with Crippen LogP contribution in [-0.4, -0.2) is 58.5 Å². The molecule has 0 saturated heterocycles. The average Bonchev–Trinajstić information content (AvgIpc) is 2.35. The fraction of sp³-hybridized carbons (Fsp3) is 0.909. The van der Waals surface area contributed by atoms with Crippen LogP contribution in [0.25, 0.3) is 0 Å². The first-order valence-corrected chi connectivity index (χ1v) is 8.56. The van der Waals surface area contributed by atoms with Gasteiger partial charge in [0.25, 0.3) is 0 Å². The number of amides is 2. The zero-order valence-corrected chi connectivity index (χ0v) is 13.3. The first kappa shape index (κ1) is 18.3. The molecular weight excluding hydrogens is 268 g/mol. The maximum atomic E-state index is 11.1. The molecule has 0 saturated carbocycles. The van der Waals surface area contributed by atoms with Gasteiger partial charge in [0.15, 0.2) is 0 Å². The molecule has 0 aromatic rings. The molecule has 7 nitrogen and oxygen atoms in total. The average molecular weight is 294 g/mol. The largest absolute Gasteiger partial charge is 0.500 e. The molecule has 8 heteroatoms. The third-order valence-electron chi connectivity index (χ3n) is 2.32. The van der Waals surface area contributed by atoms with E-state index in [1.54, 1.807) is 0 Å². The molecule has 0 heterocycles. The van der Waals surface area contributed by atoms with E-state index in [1.165, 1.54) is 7.05 Å². The molecule has 0 atom stereocenters. The summed E-state index contributed by atoms with van der Waals surface area (Å²) in [7, 11) is -1.35. The molecular formula is C11H26N2O5Si. The molecule has 0 aromatic heterocycles. The maximum Gasteiger partial charge on any atom is 0.500 e. The Hall–Kier alpha value is -0.673. The summed E-state index contributed by atoms with van der Waals surface area (Å²) in [4.78, 5) is 11.1. The highest BCUT2D eigenvalue weighted by atomic mass is 28.4. The second-order valence-electron chi connectivity index (χ2n) is 3.84. The Morgan fingerprint density at radius 1 is 1.16 bits per heavy atom. The van der Waals surface area contributed by atoms with E-state index in [-0.39, 0.29) is 0 Å². The number of carbonyl (C=O) groups is 1. The number of nitrogens with zero attached hydrogens (tertiary/aromatic N) is 1. The van der Waals surface area contributed by atoms with Crippen LogP contribution < -0.4 is 5.32 Å². The SMILES string of the molecule is CCO[Si](CCCNC(=O)N(C)O)(OCC)OCC. The van der Waals surface area contributed by atoms with Crippen LogP contribution in [0.5, 0.6) is 0 Å². The number of nitrogens with one attached hydrogen (secondary N) is 1. The standard InChI is InChI=1S/C11H26N2O5Si/c1-5-16-19(17-6-2,18-7-3)10-8-9-12-11(14)13(4)15/h15H,5-10H2,1-4H3,(H,12,14). The highest BCUT2D eigenvalue weighted by Gasteiger charge is 2.39. The van der Waals surface area contributed by atoms with Gasteiger partial charge in [-0.25, -0.2) is 9.86 Å². The second kappa shape index (κ2) is 10.2. The zero-order valence-electron chi connectivity index (χ0n) is 12.3. The Morgan fingerprint density at radius 3 is 2.00 bits per heavy atom. The van der Waals surface area contributed by atoms with Gasteiger partial charge in [-0.05, 0) is 27.2 Å². The zero-order chi connectivity index (χ0) is 14.7. The van der Waals surface area contributed by atoms with Gasteiger partial charge in [0.2, 0.25) is 0 Å². The molecule has 0 rings (SSSR count). The van der Waals surface area contributed by atoms with Gasteiger partial charge in [0.05, 0.1) is 0 Å². The second-order valence-corrected chi connectivity index (χ2v) is 6.57. The van der Waals surface area contributed by atoms with E-state index in [0.29, 0.717) is 43.9 Å². The highest BCUT2D eigenvalue weighted by molar-refractivity contribution is 6.60. The molecule has 19 heavy (non-hydrogen) atoms. The van der Waals surface area contributed by atoms with Crippen molar-refractivity contribution in [2.45, 2.75) is 33.2 Å². The summed E-state index contributed by atoms with van der Waals surface area (Å²) < 4.78 is 17.1. The van der Waals surface area contributed by atoms with Crippen molar-refractivity contribution in [2.24, 2.45) is 0 Å². The summed E-state index contributed by atoms with van der Waals surface area (Å²) in [5, 5.41) is 12.0. The molecule has 0 aliphatic carbocycles. The lowest BCUT2D eigenvalue weighted by Crippen LogP contribution is -2.46. The highest BCUT2D eigenvalue weighted by Crippen LogP contribution is 2.17. The summed E-state index contributed by atoms with van der Waals surface area (Å²) in [5.74, 6) is 0. The van der Waals surface area contributed by atoms with E-state index < -0.39 is 14.8 Å². The number of hydroxylamine groups is 2. The van der Waals surface area contributed by atoms with Crippen LogP contribution in [0, 0.1) is 0 Å². The van der Waals surface area contributed by atoms with Crippen LogP contribution in [0.3, 0.4) is 0 Å². The summed E-state index contributed by atoms with van der Waals surface area (Å²) in [5.41, 5.74) is 0. The third kappa shape index (κ3) is 7.48. The normalized spacial score (nSPS) is 11.4. The summed E-state index contributed by atoms with van der Waals surface area (Å²) in [6.07, 6.45) is 0.672. The quantitative estimate of drug-likeness (QED) is 0.276. The van der Waals surface area contributed by atoms with Crippen molar-refractivity contribution in [3.63, 3.8) is 0 Å². The minimum atomic E-state index is -2.62.